The first-order chi connectivity index (χ1) is 8.93. The molecule has 1 aromatic carbocycles. The molecule has 19 heavy (non-hydrogen) atoms. The molecule has 0 aliphatic rings. The molecule has 1 aromatic rings. The number of ether oxygens (including phenoxy) is 1. The number of rotatable bonds is 7. The topological polar surface area (TPSA) is 92.9 Å². The van der Waals surface area contributed by atoms with Gasteiger partial charge in [-0.05, 0) is 6.07 Å². The number of benzene rings is 1. The summed E-state index contributed by atoms with van der Waals surface area (Å²) in [5.41, 5.74) is 5.26. The van der Waals surface area contributed by atoms with Gasteiger partial charge in [-0.3, -0.25) is 14.5 Å². The average molecular weight is 270 g/mol. The first-order valence-electron chi connectivity index (χ1n) is 5.48. The molecular formula is C12H15FN2O4. The molecule has 0 spiro atoms. The quantitative estimate of drug-likeness (QED) is 0.738. The lowest BCUT2D eigenvalue weighted by Crippen LogP contribution is -2.37. The van der Waals surface area contributed by atoms with Gasteiger partial charge in [-0.2, -0.15) is 0 Å². The first kappa shape index (κ1) is 14.9. The molecule has 0 atom stereocenters. The summed E-state index contributed by atoms with van der Waals surface area (Å²) in [4.78, 5) is 22.8. The van der Waals surface area contributed by atoms with Crippen molar-refractivity contribution in [2.24, 2.45) is 5.73 Å². The van der Waals surface area contributed by atoms with Gasteiger partial charge in [0, 0.05) is 12.1 Å². The van der Waals surface area contributed by atoms with E-state index in [1.54, 1.807) is 6.07 Å². The molecule has 6 nitrogen and oxygen atoms in total. The first-order valence-corrected chi connectivity index (χ1v) is 5.48. The Balaban J connectivity index is 2.89. The molecule has 7 heteroatoms. The third kappa shape index (κ3) is 4.55. The van der Waals surface area contributed by atoms with Crippen molar-refractivity contribution in [3.63, 3.8) is 0 Å². The molecule has 0 radical (unpaired) electrons. The van der Waals surface area contributed by atoms with E-state index in [9.17, 15) is 14.0 Å². The second-order valence-corrected chi connectivity index (χ2v) is 3.94. The van der Waals surface area contributed by atoms with Gasteiger partial charge in [0.15, 0.2) is 11.6 Å². The van der Waals surface area contributed by atoms with Crippen molar-refractivity contribution in [2.75, 3.05) is 20.2 Å². The Morgan fingerprint density at radius 3 is 2.63 bits per heavy atom. The van der Waals surface area contributed by atoms with Gasteiger partial charge in [-0.1, -0.05) is 12.1 Å². The van der Waals surface area contributed by atoms with Crippen molar-refractivity contribution >= 4 is 11.9 Å². The summed E-state index contributed by atoms with van der Waals surface area (Å²) in [6.45, 7) is -0.708. The number of nitrogens with two attached hydrogens (primary N) is 1. The Morgan fingerprint density at radius 1 is 1.42 bits per heavy atom. The number of hydrogen-bond donors (Lipinski definition) is 2. The number of primary amides is 1. The van der Waals surface area contributed by atoms with E-state index >= 15 is 0 Å². The van der Waals surface area contributed by atoms with Gasteiger partial charge in [0.2, 0.25) is 5.91 Å². The minimum atomic E-state index is -1.12. The second-order valence-electron chi connectivity index (χ2n) is 3.94. The van der Waals surface area contributed by atoms with Crippen molar-refractivity contribution < 1.29 is 23.8 Å². The maximum absolute atomic E-state index is 13.9. The van der Waals surface area contributed by atoms with Crippen LogP contribution < -0.4 is 10.5 Å². The van der Waals surface area contributed by atoms with Gasteiger partial charge in [0.1, 0.15) is 0 Å². The third-order valence-electron chi connectivity index (χ3n) is 2.40. The number of nitrogens with zero attached hydrogens (tertiary/aromatic N) is 1. The number of carboxylic acids is 1. The van der Waals surface area contributed by atoms with E-state index in [2.05, 4.69) is 0 Å². The van der Waals surface area contributed by atoms with Crippen LogP contribution >= 0.6 is 0 Å². The van der Waals surface area contributed by atoms with E-state index < -0.39 is 24.2 Å². The SMILES string of the molecule is COc1cccc(CN(CC(N)=O)CC(=O)O)c1F. The lowest BCUT2D eigenvalue weighted by Gasteiger charge is -2.19. The summed E-state index contributed by atoms with van der Waals surface area (Å²) in [6.07, 6.45) is 0. The van der Waals surface area contributed by atoms with Gasteiger partial charge in [0.25, 0.3) is 0 Å². The van der Waals surface area contributed by atoms with E-state index in [1.165, 1.54) is 24.1 Å². The average Bonchev–Trinajstić information content (AvgIpc) is 2.30. The summed E-state index contributed by atoms with van der Waals surface area (Å²) >= 11 is 0. The number of amides is 1. The Kier molecular flexibility index (Phi) is 5.25. The maximum atomic E-state index is 13.9. The van der Waals surface area contributed by atoms with Crippen molar-refractivity contribution in [2.45, 2.75) is 6.54 Å². The molecular weight excluding hydrogens is 255 g/mol. The van der Waals surface area contributed by atoms with Crippen LogP contribution in [0.2, 0.25) is 0 Å². The van der Waals surface area contributed by atoms with E-state index in [0.717, 1.165) is 0 Å². The highest BCUT2D eigenvalue weighted by atomic mass is 19.1. The molecule has 0 aliphatic carbocycles. The summed E-state index contributed by atoms with van der Waals surface area (Å²) in [7, 11) is 1.33. The number of aliphatic carboxylic acids is 1. The van der Waals surface area contributed by atoms with Crippen LogP contribution in [0.4, 0.5) is 4.39 Å². The van der Waals surface area contributed by atoms with Crippen LogP contribution in [0.25, 0.3) is 0 Å². The summed E-state index contributed by atoms with van der Waals surface area (Å²) < 4.78 is 18.7. The second kappa shape index (κ2) is 6.69. The number of halogens is 1. The lowest BCUT2D eigenvalue weighted by molar-refractivity contribution is -0.138. The minimum absolute atomic E-state index is 0.0434. The van der Waals surface area contributed by atoms with Gasteiger partial charge in [-0.25, -0.2) is 4.39 Å². The van der Waals surface area contributed by atoms with Crippen molar-refractivity contribution in [3.8, 4) is 5.75 Å². The molecule has 1 amide bonds. The van der Waals surface area contributed by atoms with Crippen molar-refractivity contribution in [1.29, 1.82) is 0 Å². The number of carbonyl (C=O) groups is 2. The molecule has 1 rings (SSSR count). The van der Waals surface area contributed by atoms with E-state index in [4.69, 9.17) is 15.6 Å². The Labute approximate surface area is 109 Å². The fourth-order valence-corrected chi connectivity index (χ4v) is 1.66. The Hall–Kier alpha value is -2.15. The molecule has 3 N–H and O–H groups in total. The predicted molar refractivity (Wildman–Crippen MR) is 65.1 cm³/mol. The van der Waals surface area contributed by atoms with Crippen molar-refractivity contribution in [3.05, 3.63) is 29.6 Å². The maximum Gasteiger partial charge on any atom is 0.317 e. The normalized spacial score (nSPS) is 10.5. The molecule has 0 unspecified atom stereocenters. The van der Waals surface area contributed by atoms with Gasteiger partial charge in [0.05, 0.1) is 20.2 Å². The molecule has 0 aromatic heterocycles. The van der Waals surface area contributed by atoms with Gasteiger partial charge >= 0.3 is 5.97 Å². The molecule has 0 aliphatic heterocycles. The van der Waals surface area contributed by atoms with Crippen molar-refractivity contribution in [1.82, 2.24) is 4.90 Å². The molecule has 0 heterocycles. The monoisotopic (exact) mass is 270 g/mol. The number of carboxylic acid groups (broad SMARTS) is 1. The van der Waals surface area contributed by atoms with Crippen LogP contribution in [0.1, 0.15) is 5.56 Å². The predicted octanol–water partition coefficient (Wildman–Crippen LogP) is 0.206. The van der Waals surface area contributed by atoms with Gasteiger partial charge in [-0.15, -0.1) is 0 Å². The highest BCUT2D eigenvalue weighted by molar-refractivity contribution is 5.77. The fraction of sp³-hybridized carbons (Fsp3) is 0.333. The lowest BCUT2D eigenvalue weighted by atomic mass is 10.2. The summed E-state index contributed by atoms with van der Waals surface area (Å²) in [6, 6.07) is 4.53. The minimum Gasteiger partial charge on any atom is -0.494 e. The largest absolute Gasteiger partial charge is 0.494 e. The van der Waals surface area contributed by atoms with E-state index in [1.807, 2.05) is 0 Å². The standard InChI is InChI=1S/C12H15FN2O4/c1-19-9-4-2-3-8(12(9)13)5-15(6-10(14)16)7-11(17)18/h2-4H,5-7H2,1H3,(H2,14,16)(H,17,18). The van der Waals surface area contributed by atoms with Crippen LogP contribution in [-0.4, -0.2) is 42.1 Å². The highest BCUT2D eigenvalue weighted by Crippen LogP contribution is 2.21. The van der Waals surface area contributed by atoms with E-state index in [-0.39, 0.29) is 24.4 Å². The molecule has 0 saturated carbocycles. The Morgan fingerprint density at radius 2 is 2.11 bits per heavy atom. The third-order valence-corrected chi connectivity index (χ3v) is 2.40. The van der Waals surface area contributed by atoms with Crippen LogP contribution in [0.3, 0.4) is 0 Å². The molecule has 0 saturated heterocycles. The number of hydrogen-bond acceptors (Lipinski definition) is 4. The Bertz CT molecular complexity index is 463. The van der Waals surface area contributed by atoms with Gasteiger partial charge < -0.3 is 15.6 Å². The smallest absolute Gasteiger partial charge is 0.317 e. The highest BCUT2D eigenvalue weighted by Gasteiger charge is 2.16. The molecule has 104 valence electrons. The zero-order valence-corrected chi connectivity index (χ0v) is 10.4. The molecule has 0 fully saturated rings. The number of methoxy groups -OCH3 is 1. The zero-order valence-electron chi connectivity index (χ0n) is 10.4. The van der Waals surface area contributed by atoms with Crippen LogP contribution in [0, 0.1) is 5.82 Å². The molecule has 0 bridgehead atoms. The summed E-state index contributed by atoms with van der Waals surface area (Å²) in [5, 5.41) is 8.73. The summed E-state index contributed by atoms with van der Waals surface area (Å²) in [5.74, 6) is -2.31. The van der Waals surface area contributed by atoms with E-state index in [0.29, 0.717) is 0 Å². The van der Waals surface area contributed by atoms with Crippen LogP contribution in [-0.2, 0) is 16.1 Å². The zero-order chi connectivity index (χ0) is 14.4. The fourth-order valence-electron chi connectivity index (χ4n) is 1.66. The number of carbonyl (C=O) groups excluding carboxylic acids is 1. The van der Waals surface area contributed by atoms with Crippen LogP contribution in [0.5, 0.6) is 5.75 Å². The van der Waals surface area contributed by atoms with Crippen LogP contribution in [0.15, 0.2) is 18.2 Å².